The van der Waals surface area contributed by atoms with E-state index in [-0.39, 0.29) is 0 Å². The summed E-state index contributed by atoms with van der Waals surface area (Å²) >= 11 is 0. The monoisotopic (exact) mass is 267 g/mol. The molecule has 2 atom stereocenters. The molecule has 0 aromatic heterocycles. The second-order valence-electron chi connectivity index (χ2n) is 6.57. The summed E-state index contributed by atoms with van der Waals surface area (Å²) in [6.07, 6.45) is 9.72. The van der Waals surface area contributed by atoms with Crippen LogP contribution in [0.3, 0.4) is 0 Å². The quantitative estimate of drug-likeness (QED) is 0.789. The maximum Gasteiger partial charge on any atom is 0.0249 e. The zero-order valence-electron chi connectivity index (χ0n) is 13.2. The highest BCUT2D eigenvalue weighted by Gasteiger charge is 2.31. The van der Waals surface area contributed by atoms with E-state index in [1.54, 1.807) is 0 Å². The van der Waals surface area contributed by atoms with Crippen molar-refractivity contribution in [3.8, 4) is 0 Å². The van der Waals surface area contributed by atoms with E-state index in [9.17, 15) is 0 Å². The average molecular weight is 267 g/mol. The molecule has 1 heterocycles. The molecule has 2 fully saturated rings. The minimum atomic E-state index is 0.720. The second-order valence-corrected chi connectivity index (χ2v) is 6.57. The number of likely N-dealkylation sites (N-methyl/N-ethyl adjacent to an activating group) is 2. The zero-order valence-corrected chi connectivity index (χ0v) is 13.2. The Morgan fingerprint density at radius 3 is 2.42 bits per heavy atom. The number of hydrogen-bond acceptors (Lipinski definition) is 3. The van der Waals surface area contributed by atoms with Gasteiger partial charge in [-0.25, -0.2) is 0 Å². The Hall–Kier alpha value is -0.120. The lowest BCUT2D eigenvalue weighted by atomic mass is 9.96. The molecule has 3 heteroatoms. The number of nitrogens with one attached hydrogen (secondary N) is 1. The fourth-order valence-corrected chi connectivity index (χ4v) is 3.95. The van der Waals surface area contributed by atoms with Crippen molar-refractivity contribution < 1.29 is 0 Å². The van der Waals surface area contributed by atoms with Gasteiger partial charge in [0.1, 0.15) is 0 Å². The number of likely N-dealkylation sites (tertiary alicyclic amines) is 1. The lowest BCUT2D eigenvalue weighted by Crippen LogP contribution is -2.53. The Kier molecular flexibility index (Phi) is 6.11. The zero-order chi connectivity index (χ0) is 13.7. The third-order valence-corrected chi connectivity index (χ3v) is 5.23. The molecule has 2 unspecified atom stereocenters. The van der Waals surface area contributed by atoms with Gasteiger partial charge < -0.3 is 10.2 Å². The van der Waals surface area contributed by atoms with Gasteiger partial charge in [-0.2, -0.15) is 0 Å². The summed E-state index contributed by atoms with van der Waals surface area (Å²) in [6, 6.07) is 2.29. The third-order valence-electron chi connectivity index (χ3n) is 5.23. The molecule has 0 radical (unpaired) electrons. The molecule has 3 nitrogen and oxygen atoms in total. The first kappa shape index (κ1) is 15.3. The van der Waals surface area contributed by atoms with Gasteiger partial charge in [-0.1, -0.05) is 26.2 Å². The van der Waals surface area contributed by atoms with E-state index in [2.05, 4.69) is 36.1 Å². The maximum absolute atomic E-state index is 3.75. The second kappa shape index (κ2) is 7.61. The molecule has 1 N–H and O–H groups in total. The van der Waals surface area contributed by atoms with E-state index in [4.69, 9.17) is 0 Å². The molecule has 0 amide bonds. The van der Waals surface area contributed by atoms with Crippen LogP contribution >= 0.6 is 0 Å². The number of piperidine rings is 1. The fraction of sp³-hybridized carbons (Fsp3) is 1.00. The van der Waals surface area contributed by atoms with Gasteiger partial charge >= 0.3 is 0 Å². The van der Waals surface area contributed by atoms with Crippen LogP contribution in [0.2, 0.25) is 0 Å². The molecule has 2 rings (SSSR count). The van der Waals surface area contributed by atoms with E-state index in [1.807, 2.05) is 0 Å². The Morgan fingerprint density at radius 2 is 1.74 bits per heavy atom. The van der Waals surface area contributed by atoms with Crippen LogP contribution in [0.4, 0.5) is 0 Å². The van der Waals surface area contributed by atoms with Crippen LogP contribution in [0.25, 0.3) is 0 Å². The minimum absolute atomic E-state index is 0.720. The molecule has 112 valence electrons. The lowest BCUT2D eigenvalue weighted by Gasteiger charge is -2.42. The summed E-state index contributed by atoms with van der Waals surface area (Å²) in [5.74, 6) is 0. The van der Waals surface area contributed by atoms with E-state index < -0.39 is 0 Å². The van der Waals surface area contributed by atoms with E-state index in [1.165, 1.54) is 58.0 Å². The fourth-order valence-electron chi connectivity index (χ4n) is 3.95. The first-order valence-corrected chi connectivity index (χ1v) is 8.36. The normalized spacial score (nSPS) is 31.6. The molecule has 1 aliphatic heterocycles. The first-order chi connectivity index (χ1) is 9.22. The highest BCUT2D eigenvalue weighted by atomic mass is 15.2. The van der Waals surface area contributed by atoms with Crippen molar-refractivity contribution in [1.29, 1.82) is 0 Å². The molecule has 1 saturated carbocycles. The molecular weight excluding hydrogens is 234 g/mol. The van der Waals surface area contributed by atoms with Gasteiger partial charge in [-0.15, -0.1) is 0 Å². The Balaban J connectivity index is 1.95. The van der Waals surface area contributed by atoms with Crippen LogP contribution in [0.15, 0.2) is 0 Å². The predicted molar refractivity (Wildman–Crippen MR) is 82.6 cm³/mol. The molecule has 0 aromatic rings. The van der Waals surface area contributed by atoms with Crippen molar-refractivity contribution >= 4 is 0 Å². The van der Waals surface area contributed by atoms with Crippen LogP contribution in [0.1, 0.15) is 51.9 Å². The lowest BCUT2D eigenvalue weighted by molar-refractivity contribution is 0.0840. The highest BCUT2D eigenvalue weighted by Crippen LogP contribution is 2.26. The smallest absolute Gasteiger partial charge is 0.0249 e. The third kappa shape index (κ3) is 4.17. The van der Waals surface area contributed by atoms with Gasteiger partial charge in [0.15, 0.2) is 0 Å². The maximum atomic E-state index is 3.75. The Bertz CT molecular complexity index is 248. The first-order valence-electron chi connectivity index (χ1n) is 8.36. The predicted octanol–water partition coefficient (Wildman–Crippen LogP) is 2.32. The van der Waals surface area contributed by atoms with E-state index in [0.717, 1.165) is 24.7 Å². The molecule has 1 saturated heterocycles. The van der Waals surface area contributed by atoms with Crippen molar-refractivity contribution in [2.75, 3.05) is 33.7 Å². The topological polar surface area (TPSA) is 18.5 Å². The summed E-state index contributed by atoms with van der Waals surface area (Å²) in [4.78, 5) is 5.20. The SMILES string of the molecule is CCNC1CCCCCC1N(C)C1CCN(C)CC1. The van der Waals surface area contributed by atoms with Crippen LogP contribution < -0.4 is 5.32 Å². The minimum Gasteiger partial charge on any atom is -0.313 e. The van der Waals surface area contributed by atoms with Crippen LogP contribution in [-0.4, -0.2) is 61.7 Å². The van der Waals surface area contributed by atoms with Crippen LogP contribution in [0, 0.1) is 0 Å². The van der Waals surface area contributed by atoms with Crippen molar-refractivity contribution in [2.45, 2.75) is 70.0 Å². The van der Waals surface area contributed by atoms with E-state index in [0.29, 0.717) is 0 Å². The van der Waals surface area contributed by atoms with Crippen LogP contribution in [-0.2, 0) is 0 Å². The molecule has 19 heavy (non-hydrogen) atoms. The standard InChI is InChI=1S/C16H33N3/c1-4-17-15-8-6-5-7-9-16(15)19(3)14-10-12-18(2)13-11-14/h14-17H,4-13H2,1-3H3. The van der Waals surface area contributed by atoms with Crippen LogP contribution in [0.5, 0.6) is 0 Å². The molecular formula is C16H33N3. The molecule has 0 bridgehead atoms. The van der Waals surface area contributed by atoms with Gasteiger partial charge in [-0.3, -0.25) is 4.90 Å². The molecule has 0 spiro atoms. The largest absolute Gasteiger partial charge is 0.313 e. The summed E-state index contributed by atoms with van der Waals surface area (Å²) in [6.45, 7) is 5.90. The van der Waals surface area contributed by atoms with E-state index >= 15 is 0 Å². The van der Waals surface area contributed by atoms with Crippen molar-refractivity contribution in [3.05, 3.63) is 0 Å². The van der Waals surface area contributed by atoms with Gasteiger partial charge in [0.05, 0.1) is 0 Å². The number of nitrogens with zero attached hydrogens (tertiary/aromatic N) is 2. The Labute approximate surface area is 119 Å². The van der Waals surface area contributed by atoms with Crippen molar-refractivity contribution in [3.63, 3.8) is 0 Å². The highest BCUT2D eigenvalue weighted by molar-refractivity contribution is 4.89. The van der Waals surface area contributed by atoms with Gasteiger partial charge in [-0.05, 0) is 59.4 Å². The number of hydrogen-bond donors (Lipinski definition) is 1. The number of rotatable bonds is 4. The Morgan fingerprint density at radius 1 is 1.05 bits per heavy atom. The van der Waals surface area contributed by atoms with Gasteiger partial charge in [0.25, 0.3) is 0 Å². The summed E-state index contributed by atoms with van der Waals surface area (Å²) in [7, 11) is 4.64. The molecule has 1 aliphatic carbocycles. The van der Waals surface area contributed by atoms with Crippen molar-refractivity contribution in [2.24, 2.45) is 0 Å². The van der Waals surface area contributed by atoms with Crippen molar-refractivity contribution in [1.82, 2.24) is 15.1 Å². The summed E-state index contributed by atoms with van der Waals surface area (Å²) in [5, 5.41) is 3.75. The summed E-state index contributed by atoms with van der Waals surface area (Å²) < 4.78 is 0. The van der Waals surface area contributed by atoms with Gasteiger partial charge in [0.2, 0.25) is 0 Å². The average Bonchev–Trinajstić information content (AvgIpc) is 2.65. The van der Waals surface area contributed by atoms with Gasteiger partial charge in [0, 0.05) is 18.1 Å². The molecule has 2 aliphatic rings. The molecule has 0 aromatic carbocycles. The summed E-state index contributed by atoms with van der Waals surface area (Å²) in [5.41, 5.74) is 0.